The molecule has 3 heterocycles. The van der Waals surface area contributed by atoms with Crippen molar-refractivity contribution < 1.29 is 14.6 Å². The summed E-state index contributed by atoms with van der Waals surface area (Å²) in [6.07, 6.45) is 5.08. The first kappa shape index (κ1) is 20.2. The van der Waals surface area contributed by atoms with Gasteiger partial charge in [0.2, 0.25) is 11.8 Å². The molecular formula is C23H33N3O3. The van der Waals surface area contributed by atoms with E-state index >= 15 is 0 Å². The lowest BCUT2D eigenvalue weighted by Crippen LogP contribution is -2.39. The van der Waals surface area contributed by atoms with E-state index in [0.29, 0.717) is 24.8 Å². The van der Waals surface area contributed by atoms with E-state index in [-0.39, 0.29) is 12.3 Å². The Morgan fingerprint density at radius 3 is 2.83 bits per heavy atom. The number of carbonyl (C=O) groups is 1. The van der Waals surface area contributed by atoms with Crippen molar-refractivity contribution in [2.75, 3.05) is 32.8 Å². The maximum atomic E-state index is 12.7. The van der Waals surface area contributed by atoms with Gasteiger partial charge in [-0.2, -0.15) is 0 Å². The van der Waals surface area contributed by atoms with Gasteiger partial charge in [-0.25, -0.2) is 0 Å². The first-order chi connectivity index (χ1) is 14.2. The Morgan fingerprint density at radius 2 is 2.03 bits per heavy atom. The second-order valence-electron chi connectivity index (χ2n) is 8.41. The fraction of sp³-hybridized carbons (Fsp3) is 0.609. The number of carbonyl (C=O) groups excluding carboxylic acids is 1. The number of aliphatic hydroxyl groups is 1. The number of hydrogen-bond acceptors (Lipinski definition) is 4. The summed E-state index contributed by atoms with van der Waals surface area (Å²) >= 11 is 0. The number of piperidine rings is 1. The fourth-order valence-electron chi connectivity index (χ4n) is 4.60. The quantitative estimate of drug-likeness (QED) is 0.751. The van der Waals surface area contributed by atoms with E-state index in [1.54, 1.807) is 0 Å². The van der Waals surface area contributed by atoms with Crippen molar-refractivity contribution in [2.45, 2.75) is 51.7 Å². The lowest BCUT2D eigenvalue weighted by atomic mass is 9.96. The summed E-state index contributed by atoms with van der Waals surface area (Å²) in [5, 5.41) is 14.6. The van der Waals surface area contributed by atoms with Crippen molar-refractivity contribution in [3.05, 3.63) is 29.8 Å². The van der Waals surface area contributed by atoms with E-state index in [1.807, 2.05) is 28.8 Å². The van der Waals surface area contributed by atoms with Crippen LogP contribution in [-0.2, 0) is 11.2 Å². The lowest BCUT2D eigenvalue weighted by Gasteiger charge is -2.31. The topological polar surface area (TPSA) is 66.7 Å². The Labute approximate surface area is 172 Å². The Kier molecular flexibility index (Phi) is 6.40. The molecule has 1 aromatic carbocycles. The average Bonchev–Trinajstić information content (AvgIpc) is 3.06. The van der Waals surface area contributed by atoms with Crippen molar-refractivity contribution in [1.82, 2.24) is 14.8 Å². The molecular weight excluding hydrogens is 366 g/mol. The third kappa shape index (κ3) is 4.43. The molecule has 0 radical (unpaired) electrons. The van der Waals surface area contributed by atoms with Crippen LogP contribution in [0.3, 0.4) is 0 Å². The van der Waals surface area contributed by atoms with E-state index < -0.39 is 6.23 Å². The van der Waals surface area contributed by atoms with Crippen LogP contribution < -0.4 is 10.1 Å². The predicted molar refractivity (Wildman–Crippen MR) is 114 cm³/mol. The maximum absolute atomic E-state index is 12.7. The van der Waals surface area contributed by atoms with E-state index in [0.717, 1.165) is 48.9 Å². The van der Waals surface area contributed by atoms with Crippen LogP contribution in [0.25, 0.3) is 10.9 Å². The SMILES string of the molecule is CCCCN1CCC(CNC(=O)Cc2c3n(c4ccccc24)C(O)CCO3)CC1. The van der Waals surface area contributed by atoms with Gasteiger partial charge in [0.05, 0.1) is 18.5 Å². The van der Waals surface area contributed by atoms with Crippen LogP contribution in [0.2, 0.25) is 0 Å². The van der Waals surface area contributed by atoms with Crippen LogP contribution >= 0.6 is 0 Å². The first-order valence-corrected chi connectivity index (χ1v) is 11.1. The van der Waals surface area contributed by atoms with Crippen LogP contribution in [0.5, 0.6) is 5.88 Å². The number of amides is 1. The maximum Gasteiger partial charge on any atom is 0.224 e. The Balaban J connectivity index is 1.37. The van der Waals surface area contributed by atoms with Crippen molar-refractivity contribution in [1.29, 1.82) is 0 Å². The number of nitrogens with zero attached hydrogens (tertiary/aromatic N) is 2. The smallest absolute Gasteiger partial charge is 0.224 e. The van der Waals surface area contributed by atoms with Crippen LogP contribution in [0.4, 0.5) is 0 Å². The molecule has 2 aliphatic rings. The third-order valence-corrected chi connectivity index (χ3v) is 6.34. The zero-order valence-corrected chi connectivity index (χ0v) is 17.4. The van der Waals surface area contributed by atoms with Gasteiger partial charge in [-0.1, -0.05) is 31.5 Å². The molecule has 1 aromatic heterocycles. The summed E-state index contributed by atoms with van der Waals surface area (Å²) < 4.78 is 7.69. The number of para-hydroxylation sites is 1. The number of fused-ring (bicyclic) bond motifs is 3. The van der Waals surface area contributed by atoms with Crippen LogP contribution in [0.1, 0.15) is 50.8 Å². The second-order valence-corrected chi connectivity index (χ2v) is 8.41. The molecule has 29 heavy (non-hydrogen) atoms. The summed E-state index contributed by atoms with van der Waals surface area (Å²) in [6, 6.07) is 7.90. The van der Waals surface area contributed by atoms with Gasteiger partial charge in [-0.15, -0.1) is 0 Å². The predicted octanol–water partition coefficient (Wildman–Crippen LogP) is 3.09. The van der Waals surface area contributed by atoms with Gasteiger partial charge < -0.3 is 20.1 Å². The molecule has 6 heteroatoms. The highest BCUT2D eigenvalue weighted by atomic mass is 16.5. The molecule has 2 aromatic rings. The van der Waals surface area contributed by atoms with E-state index in [1.165, 1.54) is 19.4 Å². The molecule has 0 spiro atoms. The molecule has 2 N–H and O–H groups in total. The number of benzene rings is 1. The van der Waals surface area contributed by atoms with E-state index in [2.05, 4.69) is 17.1 Å². The first-order valence-electron chi connectivity index (χ1n) is 11.1. The largest absolute Gasteiger partial charge is 0.478 e. The molecule has 4 rings (SSSR count). The molecule has 1 saturated heterocycles. The monoisotopic (exact) mass is 399 g/mol. The number of likely N-dealkylation sites (tertiary alicyclic amines) is 1. The molecule has 0 bridgehead atoms. The number of aromatic nitrogens is 1. The van der Waals surface area contributed by atoms with Crippen LogP contribution in [0, 0.1) is 5.92 Å². The van der Waals surface area contributed by atoms with Gasteiger partial charge in [-0.05, 0) is 50.9 Å². The molecule has 2 aliphatic heterocycles. The molecule has 1 unspecified atom stereocenters. The van der Waals surface area contributed by atoms with Crippen molar-refractivity contribution in [3.8, 4) is 5.88 Å². The zero-order chi connectivity index (χ0) is 20.2. The van der Waals surface area contributed by atoms with Gasteiger partial charge in [0.25, 0.3) is 0 Å². The minimum absolute atomic E-state index is 0.0289. The minimum Gasteiger partial charge on any atom is -0.478 e. The third-order valence-electron chi connectivity index (χ3n) is 6.34. The highest BCUT2D eigenvalue weighted by Crippen LogP contribution is 2.38. The number of ether oxygens (including phenoxy) is 1. The molecule has 1 fully saturated rings. The van der Waals surface area contributed by atoms with Crippen LogP contribution in [-0.4, -0.2) is 53.3 Å². The van der Waals surface area contributed by atoms with Gasteiger partial charge in [-0.3, -0.25) is 9.36 Å². The van der Waals surface area contributed by atoms with Gasteiger partial charge in [0.15, 0.2) is 0 Å². The standard InChI is InChI=1S/C23H33N3O3/c1-2-3-11-25-12-8-17(9-13-25)16-24-21(27)15-19-18-6-4-5-7-20(18)26-22(28)10-14-29-23(19)26/h4-7,17,22,28H,2-3,8-16H2,1H3,(H,24,27). The Bertz CT molecular complexity index is 839. The number of aliphatic hydroxyl groups excluding tert-OH is 1. The minimum atomic E-state index is -0.599. The van der Waals surface area contributed by atoms with Crippen molar-refractivity contribution >= 4 is 16.8 Å². The second kappa shape index (κ2) is 9.18. The van der Waals surface area contributed by atoms with E-state index in [9.17, 15) is 9.90 Å². The normalized spacial score (nSPS) is 20.4. The number of unbranched alkanes of at least 4 members (excludes halogenated alkanes) is 1. The fourth-order valence-corrected chi connectivity index (χ4v) is 4.60. The summed E-state index contributed by atoms with van der Waals surface area (Å²) in [5.41, 5.74) is 1.81. The van der Waals surface area contributed by atoms with E-state index in [4.69, 9.17) is 4.74 Å². The highest BCUT2D eigenvalue weighted by Gasteiger charge is 2.27. The summed E-state index contributed by atoms with van der Waals surface area (Å²) in [6.45, 7) is 6.95. The van der Waals surface area contributed by atoms with Gasteiger partial charge >= 0.3 is 0 Å². The molecule has 158 valence electrons. The highest BCUT2D eigenvalue weighted by molar-refractivity contribution is 5.92. The molecule has 0 saturated carbocycles. The Morgan fingerprint density at radius 1 is 1.24 bits per heavy atom. The number of rotatable bonds is 7. The molecule has 1 amide bonds. The Hall–Kier alpha value is -2.05. The van der Waals surface area contributed by atoms with Gasteiger partial charge in [0.1, 0.15) is 6.23 Å². The molecule has 0 aliphatic carbocycles. The lowest BCUT2D eigenvalue weighted by molar-refractivity contribution is -0.120. The van der Waals surface area contributed by atoms with Crippen molar-refractivity contribution in [3.63, 3.8) is 0 Å². The molecule has 1 atom stereocenters. The zero-order valence-electron chi connectivity index (χ0n) is 17.4. The van der Waals surface area contributed by atoms with Crippen molar-refractivity contribution in [2.24, 2.45) is 5.92 Å². The van der Waals surface area contributed by atoms with Gasteiger partial charge in [0, 0.05) is 23.9 Å². The molecule has 6 nitrogen and oxygen atoms in total. The number of nitrogens with one attached hydrogen (secondary N) is 1. The van der Waals surface area contributed by atoms with Crippen LogP contribution in [0.15, 0.2) is 24.3 Å². The average molecular weight is 400 g/mol. The number of hydrogen-bond donors (Lipinski definition) is 2. The summed E-state index contributed by atoms with van der Waals surface area (Å²) in [5.74, 6) is 1.24. The summed E-state index contributed by atoms with van der Waals surface area (Å²) in [7, 11) is 0. The summed E-state index contributed by atoms with van der Waals surface area (Å²) in [4.78, 5) is 15.3.